The van der Waals surface area contributed by atoms with Crippen LogP contribution in [-0.4, -0.2) is 57.1 Å². The molecule has 116 valence electrons. The standard InChI is InChI=1S/C15H21ClN2O3/c1-17(15(19)9-16)11-4-5-18(10-11)12-6-13(20-2)8-14(7-12)21-3/h6-8,11H,4-5,9-10H2,1-3H3. The first-order valence-electron chi connectivity index (χ1n) is 6.88. The van der Waals surface area contributed by atoms with Crippen molar-refractivity contribution in [1.29, 1.82) is 0 Å². The fourth-order valence-corrected chi connectivity index (χ4v) is 2.75. The van der Waals surface area contributed by atoms with Crippen LogP contribution in [0.5, 0.6) is 11.5 Å². The first-order chi connectivity index (χ1) is 10.1. The summed E-state index contributed by atoms with van der Waals surface area (Å²) in [6.45, 7) is 1.68. The monoisotopic (exact) mass is 312 g/mol. The Balaban J connectivity index is 2.12. The Morgan fingerprint density at radius 2 is 1.95 bits per heavy atom. The topological polar surface area (TPSA) is 42.0 Å². The molecular weight excluding hydrogens is 292 g/mol. The Morgan fingerprint density at radius 3 is 2.48 bits per heavy atom. The number of halogens is 1. The quantitative estimate of drug-likeness (QED) is 0.780. The Morgan fingerprint density at radius 1 is 1.33 bits per heavy atom. The maximum Gasteiger partial charge on any atom is 0.237 e. The molecule has 21 heavy (non-hydrogen) atoms. The van der Waals surface area contributed by atoms with E-state index in [0.29, 0.717) is 0 Å². The van der Waals surface area contributed by atoms with E-state index in [0.717, 1.165) is 36.7 Å². The largest absolute Gasteiger partial charge is 0.497 e. The molecule has 0 aromatic heterocycles. The van der Waals surface area contributed by atoms with Crippen LogP contribution < -0.4 is 14.4 Å². The minimum atomic E-state index is -0.0354. The molecule has 0 aliphatic carbocycles. The van der Waals surface area contributed by atoms with Crippen molar-refractivity contribution in [3.05, 3.63) is 18.2 Å². The lowest BCUT2D eigenvalue weighted by Gasteiger charge is -2.25. The summed E-state index contributed by atoms with van der Waals surface area (Å²) in [4.78, 5) is 15.6. The van der Waals surface area contributed by atoms with Gasteiger partial charge in [-0.3, -0.25) is 4.79 Å². The highest BCUT2D eigenvalue weighted by Crippen LogP contribution is 2.31. The number of ether oxygens (including phenoxy) is 2. The van der Waals surface area contributed by atoms with Crippen LogP contribution in [0.15, 0.2) is 18.2 Å². The van der Waals surface area contributed by atoms with Crippen molar-refractivity contribution in [2.45, 2.75) is 12.5 Å². The number of benzene rings is 1. The van der Waals surface area contributed by atoms with E-state index in [1.54, 1.807) is 19.1 Å². The third-order valence-corrected chi connectivity index (χ3v) is 4.15. The molecule has 1 aliphatic rings. The summed E-state index contributed by atoms with van der Waals surface area (Å²) in [5.41, 5.74) is 1.04. The van der Waals surface area contributed by atoms with Crippen LogP contribution in [0.2, 0.25) is 0 Å². The number of hydrogen-bond donors (Lipinski definition) is 0. The number of methoxy groups -OCH3 is 2. The van der Waals surface area contributed by atoms with Crippen molar-refractivity contribution in [2.75, 3.05) is 45.1 Å². The normalized spacial score (nSPS) is 17.7. The number of carbonyl (C=O) groups is 1. The second-order valence-corrected chi connectivity index (χ2v) is 5.36. The van der Waals surface area contributed by atoms with Crippen LogP contribution in [0.1, 0.15) is 6.42 Å². The second-order valence-electron chi connectivity index (χ2n) is 5.10. The fraction of sp³-hybridized carbons (Fsp3) is 0.533. The molecule has 5 nitrogen and oxygen atoms in total. The number of anilines is 1. The van der Waals surface area contributed by atoms with Gasteiger partial charge in [-0.25, -0.2) is 0 Å². The van der Waals surface area contributed by atoms with Gasteiger partial charge < -0.3 is 19.3 Å². The lowest BCUT2D eigenvalue weighted by molar-refractivity contribution is -0.128. The smallest absolute Gasteiger partial charge is 0.237 e. The van der Waals surface area contributed by atoms with Gasteiger partial charge in [0.1, 0.15) is 17.4 Å². The van der Waals surface area contributed by atoms with Crippen LogP contribution in [0.3, 0.4) is 0 Å². The summed E-state index contributed by atoms with van der Waals surface area (Å²) < 4.78 is 10.6. The summed E-state index contributed by atoms with van der Waals surface area (Å²) in [6.07, 6.45) is 0.929. The maximum atomic E-state index is 11.7. The zero-order chi connectivity index (χ0) is 15.4. The van der Waals surface area contributed by atoms with Gasteiger partial charge in [0, 0.05) is 44.0 Å². The van der Waals surface area contributed by atoms with Crippen molar-refractivity contribution in [2.24, 2.45) is 0 Å². The molecule has 1 atom stereocenters. The zero-order valence-corrected chi connectivity index (χ0v) is 13.4. The average Bonchev–Trinajstić information content (AvgIpc) is 3.02. The summed E-state index contributed by atoms with van der Waals surface area (Å²) in [6, 6.07) is 6.00. The highest BCUT2D eigenvalue weighted by molar-refractivity contribution is 6.27. The lowest BCUT2D eigenvalue weighted by atomic mass is 10.2. The Bertz CT molecular complexity index is 487. The van der Waals surface area contributed by atoms with E-state index in [9.17, 15) is 4.79 Å². The van der Waals surface area contributed by atoms with Crippen molar-refractivity contribution in [3.8, 4) is 11.5 Å². The van der Waals surface area contributed by atoms with E-state index < -0.39 is 0 Å². The van der Waals surface area contributed by atoms with Crippen LogP contribution in [0, 0.1) is 0 Å². The van der Waals surface area contributed by atoms with E-state index in [4.69, 9.17) is 21.1 Å². The van der Waals surface area contributed by atoms with Crippen LogP contribution in [-0.2, 0) is 4.79 Å². The van der Waals surface area contributed by atoms with Gasteiger partial charge in [-0.1, -0.05) is 0 Å². The molecule has 0 saturated carbocycles. The predicted octanol–water partition coefficient (Wildman–Crippen LogP) is 1.98. The van der Waals surface area contributed by atoms with Gasteiger partial charge in [0.15, 0.2) is 0 Å². The lowest BCUT2D eigenvalue weighted by Crippen LogP contribution is -2.39. The SMILES string of the molecule is COc1cc(OC)cc(N2CCC(N(C)C(=O)CCl)C2)c1. The van der Waals surface area contributed by atoms with E-state index in [1.165, 1.54) is 0 Å². The van der Waals surface area contributed by atoms with Gasteiger partial charge >= 0.3 is 0 Å². The van der Waals surface area contributed by atoms with Gasteiger partial charge in [-0.2, -0.15) is 0 Å². The molecular formula is C15H21ClN2O3. The predicted molar refractivity (Wildman–Crippen MR) is 83.7 cm³/mol. The summed E-state index contributed by atoms with van der Waals surface area (Å²) in [5, 5.41) is 0. The number of likely N-dealkylation sites (N-methyl/N-ethyl adjacent to an activating group) is 1. The highest BCUT2D eigenvalue weighted by Gasteiger charge is 2.28. The molecule has 1 unspecified atom stereocenters. The molecule has 0 spiro atoms. The summed E-state index contributed by atoms with van der Waals surface area (Å²) in [7, 11) is 5.08. The number of hydrogen-bond acceptors (Lipinski definition) is 4. The van der Waals surface area contributed by atoms with Crippen LogP contribution in [0.25, 0.3) is 0 Å². The Kier molecular flexibility index (Phi) is 5.17. The number of alkyl halides is 1. The van der Waals surface area contributed by atoms with Gasteiger partial charge in [0.05, 0.1) is 20.3 Å². The van der Waals surface area contributed by atoms with Crippen molar-refractivity contribution in [1.82, 2.24) is 4.90 Å². The number of amides is 1. The molecule has 1 aromatic carbocycles. The van der Waals surface area contributed by atoms with E-state index in [-0.39, 0.29) is 17.8 Å². The average molecular weight is 313 g/mol. The number of carbonyl (C=O) groups excluding carboxylic acids is 1. The maximum absolute atomic E-state index is 11.7. The third kappa shape index (κ3) is 3.53. The van der Waals surface area contributed by atoms with Crippen molar-refractivity contribution in [3.63, 3.8) is 0 Å². The third-order valence-electron chi connectivity index (χ3n) is 3.92. The molecule has 1 saturated heterocycles. The summed E-state index contributed by atoms with van der Waals surface area (Å²) in [5.74, 6) is 1.52. The minimum absolute atomic E-state index is 0.0278. The van der Waals surface area contributed by atoms with Gasteiger partial charge in [0.2, 0.25) is 5.91 Å². The zero-order valence-electron chi connectivity index (χ0n) is 12.6. The number of nitrogens with zero attached hydrogens (tertiary/aromatic N) is 2. The number of rotatable bonds is 5. The van der Waals surface area contributed by atoms with Gasteiger partial charge in [-0.05, 0) is 6.42 Å². The molecule has 0 radical (unpaired) electrons. The van der Waals surface area contributed by atoms with E-state index >= 15 is 0 Å². The van der Waals surface area contributed by atoms with Crippen LogP contribution >= 0.6 is 11.6 Å². The molecule has 1 aromatic rings. The molecule has 1 heterocycles. The molecule has 6 heteroatoms. The van der Waals surface area contributed by atoms with Crippen molar-refractivity contribution < 1.29 is 14.3 Å². The molecule has 2 rings (SSSR count). The van der Waals surface area contributed by atoms with Gasteiger partial charge in [0.25, 0.3) is 0 Å². The summed E-state index contributed by atoms with van der Waals surface area (Å²) >= 11 is 5.62. The first kappa shape index (κ1) is 15.8. The Hall–Kier alpha value is -1.62. The first-order valence-corrected chi connectivity index (χ1v) is 7.42. The molecule has 1 amide bonds. The molecule has 1 aliphatic heterocycles. The molecule has 0 N–H and O–H groups in total. The second kappa shape index (κ2) is 6.89. The fourth-order valence-electron chi connectivity index (χ4n) is 2.57. The van der Waals surface area contributed by atoms with E-state index in [2.05, 4.69) is 4.90 Å². The molecule has 0 bridgehead atoms. The highest BCUT2D eigenvalue weighted by atomic mass is 35.5. The van der Waals surface area contributed by atoms with Gasteiger partial charge in [-0.15, -0.1) is 11.6 Å². The van der Waals surface area contributed by atoms with Crippen molar-refractivity contribution >= 4 is 23.2 Å². The minimum Gasteiger partial charge on any atom is -0.497 e. The molecule has 1 fully saturated rings. The van der Waals surface area contributed by atoms with Crippen LogP contribution in [0.4, 0.5) is 5.69 Å². The Labute approximate surface area is 130 Å². The van der Waals surface area contributed by atoms with E-state index in [1.807, 2.05) is 25.2 Å².